The van der Waals surface area contributed by atoms with E-state index in [0.717, 1.165) is 24.6 Å². The van der Waals surface area contributed by atoms with Crippen molar-refractivity contribution in [2.45, 2.75) is 46.2 Å². The van der Waals surface area contributed by atoms with Crippen molar-refractivity contribution in [3.05, 3.63) is 35.4 Å². The highest BCUT2D eigenvalue weighted by Crippen LogP contribution is 2.18. The minimum Gasteiger partial charge on any atom is -0.351 e. The quantitative estimate of drug-likeness (QED) is 0.915. The van der Waals surface area contributed by atoms with E-state index in [-0.39, 0.29) is 11.9 Å². The highest BCUT2D eigenvalue weighted by molar-refractivity contribution is 5.81. The molecule has 3 nitrogen and oxygen atoms in total. The molecule has 1 heterocycles. The molecule has 0 bridgehead atoms. The van der Waals surface area contributed by atoms with Gasteiger partial charge in [-0.3, -0.25) is 9.69 Å². The molecule has 0 radical (unpaired) electrons. The van der Waals surface area contributed by atoms with E-state index >= 15 is 0 Å². The zero-order chi connectivity index (χ0) is 14.5. The van der Waals surface area contributed by atoms with Crippen molar-refractivity contribution in [3.8, 4) is 0 Å². The molecule has 1 aromatic rings. The summed E-state index contributed by atoms with van der Waals surface area (Å²) < 4.78 is 0. The molecule has 20 heavy (non-hydrogen) atoms. The summed E-state index contributed by atoms with van der Waals surface area (Å²) in [6.07, 6.45) is 2.41. The first-order valence-corrected chi connectivity index (χ1v) is 7.63. The first kappa shape index (κ1) is 15.0. The Morgan fingerprint density at radius 3 is 2.50 bits per heavy atom. The van der Waals surface area contributed by atoms with E-state index in [1.54, 1.807) is 0 Å². The van der Waals surface area contributed by atoms with Crippen LogP contribution < -0.4 is 5.32 Å². The number of carbonyl (C=O) groups is 1. The number of carbonyl (C=O) groups excluding carboxylic acids is 1. The molecule has 0 aliphatic carbocycles. The fourth-order valence-corrected chi connectivity index (χ4v) is 2.62. The maximum atomic E-state index is 12.2. The number of nitrogens with zero attached hydrogens (tertiary/aromatic N) is 1. The van der Waals surface area contributed by atoms with Crippen LogP contribution in [0.2, 0.25) is 0 Å². The molecule has 0 aromatic heterocycles. The molecule has 0 unspecified atom stereocenters. The number of rotatable bonds is 4. The smallest absolute Gasteiger partial charge is 0.237 e. The second-order valence-corrected chi connectivity index (χ2v) is 6.10. The van der Waals surface area contributed by atoms with Crippen molar-refractivity contribution < 1.29 is 4.79 Å². The van der Waals surface area contributed by atoms with Gasteiger partial charge >= 0.3 is 0 Å². The molecule has 0 spiro atoms. The summed E-state index contributed by atoms with van der Waals surface area (Å²) in [4.78, 5) is 14.5. The van der Waals surface area contributed by atoms with Gasteiger partial charge in [-0.05, 0) is 51.3 Å². The Hall–Kier alpha value is -1.35. The van der Waals surface area contributed by atoms with E-state index in [9.17, 15) is 4.79 Å². The number of hydrogen-bond donors (Lipinski definition) is 1. The molecule has 1 amide bonds. The third-order valence-corrected chi connectivity index (χ3v) is 4.33. The van der Waals surface area contributed by atoms with Crippen molar-refractivity contribution in [1.29, 1.82) is 0 Å². The number of benzene rings is 1. The van der Waals surface area contributed by atoms with Gasteiger partial charge in [-0.1, -0.05) is 36.8 Å². The second-order valence-electron chi connectivity index (χ2n) is 6.10. The van der Waals surface area contributed by atoms with Crippen LogP contribution in [0, 0.1) is 12.8 Å². The number of amides is 1. The van der Waals surface area contributed by atoms with Crippen LogP contribution in [0.5, 0.6) is 0 Å². The van der Waals surface area contributed by atoms with Crippen molar-refractivity contribution in [1.82, 2.24) is 10.2 Å². The van der Waals surface area contributed by atoms with Crippen LogP contribution in [0.3, 0.4) is 0 Å². The fourth-order valence-electron chi connectivity index (χ4n) is 2.62. The lowest BCUT2D eigenvalue weighted by Gasteiger charge is -2.34. The lowest BCUT2D eigenvalue weighted by atomic mass is 9.98. The molecule has 1 atom stereocenters. The van der Waals surface area contributed by atoms with Gasteiger partial charge in [0.15, 0.2) is 0 Å². The van der Waals surface area contributed by atoms with Gasteiger partial charge in [0.05, 0.1) is 6.04 Å². The van der Waals surface area contributed by atoms with Crippen LogP contribution >= 0.6 is 0 Å². The molecule has 1 saturated heterocycles. The Labute approximate surface area is 122 Å². The Kier molecular flexibility index (Phi) is 5.18. The lowest BCUT2D eigenvalue weighted by Crippen LogP contribution is -2.47. The number of piperidine rings is 1. The Morgan fingerprint density at radius 2 is 1.90 bits per heavy atom. The number of aryl methyl sites for hydroxylation is 1. The first-order valence-electron chi connectivity index (χ1n) is 7.63. The van der Waals surface area contributed by atoms with Gasteiger partial charge in [0, 0.05) is 6.54 Å². The van der Waals surface area contributed by atoms with E-state index in [1.807, 2.05) is 6.92 Å². The van der Waals surface area contributed by atoms with Gasteiger partial charge in [0.1, 0.15) is 0 Å². The largest absolute Gasteiger partial charge is 0.351 e. The Balaban J connectivity index is 1.80. The van der Waals surface area contributed by atoms with E-state index in [2.05, 4.69) is 48.3 Å². The molecule has 1 aromatic carbocycles. The monoisotopic (exact) mass is 274 g/mol. The lowest BCUT2D eigenvalue weighted by molar-refractivity contribution is -0.126. The summed E-state index contributed by atoms with van der Waals surface area (Å²) in [6.45, 7) is 9.08. The molecule has 1 aliphatic heterocycles. The van der Waals surface area contributed by atoms with Crippen LogP contribution in [0.1, 0.15) is 37.8 Å². The SMILES string of the molecule is Cc1ccc(CNC(=O)[C@H](C)N2CCC(C)CC2)cc1. The predicted octanol–water partition coefficient (Wildman–Crippen LogP) is 2.73. The first-order chi connectivity index (χ1) is 9.56. The summed E-state index contributed by atoms with van der Waals surface area (Å²) >= 11 is 0. The van der Waals surface area contributed by atoms with Crippen LogP contribution in [0.4, 0.5) is 0 Å². The summed E-state index contributed by atoms with van der Waals surface area (Å²) in [7, 11) is 0. The van der Waals surface area contributed by atoms with E-state index in [0.29, 0.717) is 6.54 Å². The summed E-state index contributed by atoms with van der Waals surface area (Å²) in [5.41, 5.74) is 2.40. The average Bonchev–Trinajstić information content (AvgIpc) is 2.46. The normalized spacial score (nSPS) is 18.8. The second kappa shape index (κ2) is 6.89. The minimum absolute atomic E-state index is 0.0204. The van der Waals surface area contributed by atoms with E-state index < -0.39 is 0 Å². The molecule has 1 N–H and O–H groups in total. The van der Waals surface area contributed by atoms with Gasteiger partial charge < -0.3 is 5.32 Å². The maximum absolute atomic E-state index is 12.2. The van der Waals surface area contributed by atoms with Crippen LogP contribution in [0.25, 0.3) is 0 Å². The topological polar surface area (TPSA) is 32.3 Å². The molecular formula is C17H26N2O. The molecule has 0 saturated carbocycles. The standard InChI is InChI=1S/C17H26N2O/c1-13-4-6-16(7-5-13)12-18-17(20)15(3)19-10-8-14(2)9-11-19/h4-7,14-15H,8-12H2,1-3H3,(H,18,20)/t15-/m0/s1. The van der Waals surface area contributed by atoms with Crippen LogP contribution in [-0.2, 0) is 11.3 Å². The molecule has 1 fully saturated rings. The zero-order valence-corrected chi connectivity index (χ0v) is 12.9. The predicted molar refractivity (Wildman–Crippen MR) is 82.5 cm³/mol. The summed E-state index contributed by atoms with van der Waals surface area (Å²) in [6, 6.07) is 8.28. The van der Waals surface area contributed by atoms with Gasteiger partial charge in [-0.2, -0.15) is 0 Å². The third kappa shape index (κ3) is 4.07. The summed E-state index contributed by atoms with van der Waals surface area (Å²) in [5, 5.41) is 3.05. The highest BCUT2D eigenvalue weighted by Gasteiger charge is 2.24. The number of nitrogens with one attached hydrogen (secondary N) is 1. The fraction of sp³-hybridized carbons (Fsp3) is 0.588. The van der Waals surface area contributed by atoms with Crippen LogP contribution in [0.15, 0.2) is 24.3 Å². The maximum Gasteiger partial charge on any atom is 0.237 e. The molecule has 110 valence electrons. The minimum atomic E-state index is -0.0204. The third-order valence-electron chi connectivity index (χ3n) is 4.33. The van der Waals surface area contributed by atoms with Crippen molar-refractivity contribution >= 4 is 5.91 Å². The van der Waals surface area contributed by atoms with Gasteiger partial charge in [-0.15, -0.1) is 0 Å². The molecule has 3 heteroatoms. The molecule has 2 rings (SSSR count). The number of likely N-dealkylation sites (tertiary alicyclic amines) is 1. The average molecular weight is 274 g/mol. The summed E-state index contributed by atoms with van der Waals surface area (Å²) in [5.74, 6) is 0.939. The van der Waals surface area contributed by atoms with Gasteiger partial charge in [0.2, 0.25) is 5.91 Å². The molecular weight excluding hydrogens is 248 g/mol. The van der Waals surface area contributed by atoms with Crippen molar-refractivity contribution in [3.63, 3.8) is 0 Å². The zero-order valence-electron chi connectivity index (χ0n) is 12.9. The van der Waals surface area contributed by atoms with Gasteiger partial charge in [0.25, 0.3) is 0 Å². The van der Waals surface area contributed by atoms with Crippen molar-refractivity contribution in [2.24, 2.45) is 5.92 Å². The van der Waals surface area contributed by atoms with E-state index in [1.165, 1.54) is 18.4 Å². The Bertz CT molecular complexity index is 433. The molecule has 1 aliphatic rings. The van der Waals surface area contributed by atoms with Crippen molar-refractivity contribution in [2.75, 3.05) is 13.1 Å². The number of hydrogen-bond acceptors (Lipinski definition) is 2. The van der Waals surface area contributed by atoms with E-state index in [4.69, 9.17) is 0 Å². The highest BCUT2D eigenvalue weighted by atomic mass is 16.2. The van der Waals surface area contributed by atoms with Crippen LogP contribution in [-0.4, -0.2) is 29.9 Å². The van der Waals surface area contributed by atoms with Gasteiger partial charge in [-0.25, -0.2) is 0 Å². The Morgan fingerprint density at radius 1 is 1.30 bits per heavy atom.